The van der Waals surface area contributed by atoms with Crippen LogP contribution >= 0.6 is 12.6 Å². The molecule has 13 heavy (non-hydrogen) atoms. The van der Waals surface area contributed by atoms with Crippen LogP contribution in [0.3, 0.4) is 0 Å². The molecular weight excluding hydrogens is 178 g/mol. The van der Waals surface area contributed by atoms with E-state index in [2.05, 4.69) is 52.4 Å². The third-order valence-electron chi connectivity index (χ3n) is 2.72. The van der Waals surface area contributed by atoms with Gasteiger partial charge >= 0.3 is 0 Å². The molecule has 0 aliphatic rings. The average Bonchev–Trinajstić information content (AvgIpc) is 2.01. The molecule has 0 saturated carbocycles. The fraction of sp³-hybridized carbons (Fsp3) is 1.00. The van der Waals surface area contributed by atoms with Crippen LogP contribution in [0.5, 0.6) is 0 Å². The van der Waals surface area contributed by atoms with Crippen LogP contribution in [0.2, 0.25) is 0 Å². The SMILES string of the molecule is CCC(S)C(C)(C)CCCN(C)C. The van der Waals surface area contributed by atoms with Gasteiger partial charge in [-0.15, -0.1) is 0 Å². The molecule has 0 heterocycles. The van der Waals surface area contributed by atoms with Gasteiger partial charge in [0.1, 0.15) is 0 Å². The molecule has 0 N–H and O–H groups in total. The molecule has 1 nitrogen and oxygen atoms in total. The van der Waals surface area contributed by atoms with Gasteiger partial charge in [-0.2, -0.15) is 12.6 Å². The molecule has 0 aromatic rings. The molecule has 0 aliphatic heterocycles. The van der Waals surface area contributed by atoms with Crippen LogP contribution < -0.4 is 0 Å². The van der Waals surface area contributed by atoms with E-state index < -0.39 is 0 Å². The fourth-order valence-corrected chi connectivity index (χ4v) is 1.70. The first-order chi connectivity index (χ1) is 5.90. The summed E-state index contributed by atoms with van der Waals surface area (Å²) in [5.74, 6) is 0. The van der Waals surface area contributed by atoms with Crippen molar-refractivity contribution in [1.82, 2.24) is 4.90 Å². The minimum absolute atomic E-state index is 0.383. The van der Waals surface area contributed by atoms with Crippen molar-refractivity contribution in [2.75, 3.05) is 20.6 Å². The third kappa shape index (κ3) is 5.58. The smallest absolute Gasteiger partial charge is 0.00653 e. The average molecular weight is 203 g/mol. The minimum atomic E-state index is 0.383. The molecule has 0 bridgehead atoms. The minimum Gasteiger partial charge on any atom is -0.309 e. The Hall–Kier alpha value is 0.310. The monoisotopic (exact) mass is 203 g/mol. The summed E-state index contributed by atoms with van der Waals surface area (Å²) in [6.45, 7) is 8.05. The summed E-state index contributed by atoms with van der Waals surface area (Å²) in [6.07, 6.45) is 3.71. The summed E-state index contributed by atoms with van der Waals surface area (Å²) in [7, 11) is 4.26. The van der Waals surface area contributed by atoms with Crippen molar-refractivity contribution in [3.05, 3.63) is 0 Å². The zero-order valence-corrected chi connectivity index (χ0v) is 10.7. The predicted molar refractivity (Wildman–Crippen MR) is 64.6 cm³/mol. The third-order valence-corrected chi connectivity index (χ3v) is 3.78. The Morgan fingerprint density at radius 3 is 2.23 bits per heavy atom. The number of hydrogen-bond donors (Lipinski definition) is 1. The maximum Gasteiger partial charge on any atom is 0.00653 e. The predicted octanol–water partition coefficient (Wildman–Crippen LogP) is 3.06. The molecule has 0 spiro atoms. The molecule has 1 atom stereocenters. The Kier molecular flexibility index (Phi) is 6.06. The van der Waals surface area contributed by atoms with Crippen molar-refractivity contribution in [2.24, 2.45) is 5.41 Å². The largest absolute Gasteiger partial charge is 0.309 e. The maximum atomic E-state index is 4.62. The van der Waals surface area contributed by atoms with Gasteiger partial charge in [-0.25, -0.2) is 0 Å². The number of thiol groups is 1. The maximum absolute atomic E-state index is 4.62. The van der Waals surface area contributed by atoms with Crippen molar-refractivity contribution < 1.29 is 0 Å². The van der Waals surface area contributed by atoms with Crippen LogP contribution in [-0.4, -0.2) is 30.8 Å². The number of rotatable bonds is 6. The van der Waals surface area contributed by atoms with E-state index in [1.54, 1.807) is 0 Å². The summed E-state index contributed by atoms with van der Waals surface area (Å²) >= 11 is 4.62. The van der Waals surface area contributed by atoms with Gasteiger partial charge in [-0.05, 0) is 45.3 Å². The Bertz CT molecular complexity index is 132. The molecule has 80 valence electrons. The van der Waals surface area contributed by atoms with Crippen molar-refractivity contribution in [3.63, 3.8) is 0 Å². The molecule has 2 heteroatoms. The van der Waals surface area contributed by atoms with E-state index in [9.17, 15) is 0 Å². The van der Waals surface area contributed by atoms with E-state index in [0.717, 1.165) is 6.42 Å². The second-order valence-corrected chi connectivity index (χ2v) is 5.44. The van der Waals surface area contributed by atoms with Crippen LogP contribution in [0.4, 0.5) is 0 Å². The van der Waals surface area contributed by atoms with Crippen LogP contribution in [0.25, 0.3) is 0 Å². The van der Waals surface area contributed by atoms with Crippen molar-refractivity contribution in [2.45, 2.75) is 45.3 Å². The fourth-order valence-electron chi connectivity index (χ4n) is 1.57. The lowest BCUT2D eigenvalue weighted by Gasteiger charge is -2.30. The van der Waals surface area contributed by atoms with E-state index in [4.69, 9.17) is 0 Å². The summed E-state index contributed by atoms with van der Waals surface area (Å²) in [5.41, 5.74) is 0.383. The summed E-state index contributed by atoms with van der Waals surface area (Å²) in [4.78, 5) is 2.25. The van der Waals surface area contributed by atoms with Crippen LogP contribution in [0.1, 0.15) is 40.0 Å². The molecule has 0 amide bonds. The zero-order chi connectivity index (χ0) is 10.5. The van der Waals surface area contributed by atoms with Gasteiger partial charge in [0.25, 0.3) is 0 Å². The van der Waals surface area contributed by atoms with E-state index in [0.29, 0.717) is 10.7 Å². The van der Waals surface area contributed by atoms with Crippen LogP contribution in [0.15, 0.2) is 0 Å². The quantitative estimate of drug-likeness (QED) is 0.649. The molecule has 0 aromatic carbocycles. The van der Waals surface area contributed by atoms with E-state index in [-0.39, 0.29) is 0 Å². The number of hydrogen-bond acceptors (Lipinski definition) is 2. The summed E-state index contributed by atoms with van der Waals surface area (Å²) in [5, 5.41) is 0.537. The van der Waals surface area contributed by atoms with Crippen LogP contribution in [0, 0.1) is 5.41 Å². The van der Waals surface area contributed by atoms with E-state index in [1.165, 1.54) is 19.4 Å². The lowest BCUT2D eigenvalue weighted by molar-refractivity contribution is 0.283. The van der Waals surface area contributed by atoms with Gasteiger partial charge in [-0.1, -0.05) is 20.8 Å². The Labute approximate surface area is 89.3 Å². The molecule has 0 radical (unpaired) electrons. The molecule has 0 aliphatic carbocycles. The Morgan fingerprint density at radius 1 is 1.31 bits per heavy atom. The molecular formula is C11H25NS. The second-order valence-electron chi connectivity index (χ2n) is 4.82. The van der Waals surface area contributed by atoms with Crippen LogP contribution in [-0.2, 0) is 0 Å². The van der Waals surface area contributed by atoms with Gasteiger partial charge in [-0.3, -0.25) is 0 Å². The molecule has 1 unspecified atom stereocenters. The molecule has 0 aromatic heterocycles. The highest BCUT2D eigenvalue weighted by Gasteiger charge is 2.24. The lowest BCUT2D eigenvalue weighted by Crippen LogP contribution is -2.25. The van der Waals surface area contributed by atoms with Gasteiger partial charge in [0.15, 0.2) is 0 Å². The van der Waals surface area contributed by atoms with Gasteiger partial charge < -0.3 is 4.90 Å². The zero-order valence-electron chi connectivity index (χ0n) is 9.80. The topological polar surface area (TPSA) is 3.24 Å². The molecule has 0 fully saturated rings. The highest BCUT2D eigenvalue weighted by molar-refractivity contribution is 7.81. The first-order valence-corrected chi connectivity index (χ1v) is 5.74. The first-order valence-electron chi connectivity index (χ1n) is 5.23. The standard InChI is InChI=1S/C11H25NS/c1-6-10(13)11(2,3)8-7-9-12(4)5/h10,13H,6-9H2,1-5H3. The highest BCUT2D eigenvalue weighted by Crippen LogP contribution is 2.32. The normalized spacial score (nSPS) is 15.0. The van der Waals surface area contributed by atoms with Crippen molar-refractivity contribution in [1.29, 1.82) is 0 Å². The Balaban J connectivity index is 3.75. The molecule has 0 saturated heterocycles. The summed E-state index contributed by atoms with van der Waals surface area (Å²) in [6, 6.07) is 0. The molecule has 0 rings (SSSR count). The van der Waals surface area contributed by atoms with Crippen molar-refractivity contribution >= 4 is 12.6 Å². The number of nitrogens with zero attached hydrogens (tertiary/aromatic N) is 1. The van der Waals surface area contributed by atoms with E-state index >= 15 is 0 Å². The second kappa shape index (κ2) is 5.92. The van der Waals surface area contributed by atoms with Gasteiger partial charge in [0, 0.05) is 5.25 Å². The van der Waals surface area contributed by atoms with E-state index in [1.807, 2.05) is 0 Å². The lowest BCUT2D eigenvalue weighted by atomic mass is 9.83. The van der Waals surface area contributed by atoms with Gasteiger partial charge in [0.05, 0.1) is 0 Å². The Morgan fingerprint density at radius 2 is 1.85 bits per heavy atom. The first kappa shape index (κ1) is 13.3. The highest BCUT2D eigenvalue weighted by atomic mass is 32.1. The van der Waals surface area contributed by atoms with Crippen molar-refractivity contribution in [3.8, 4) is 0 Å². The van der Waals surface area contributed by atoms with Gasteiger partial charge in [0.2, 0.25) is 0 Å². The summed E-state index contributed by atoms with van der Waals surface area (Å²) < 4.78 is 0.